The zero-order valence-electron chi connectivity index (χ0n) is 14.8. The van der Waals surface area contributed by atoms with E-state index in [-0.39, 0.29) is 0 Å². The highest BCUT2D eigenvalue weighted by molar-refractivity contribution is 7.80. The summed E-state index contributed by atoms with van der Waals surface area (Å²) in [5, 5.41) is 4.97. The Hall–Kier alpha value is -2.00. The molecule has 1 aliphatic rings. The average Bonchev–Trinajstić information content (AvgIpc) is 2.48. The minimum Gasteiger partial charge on any atom is -0.360 e. The van der Waals surface area contributed by atoms with Gasteiger partial charge in [0, 0.05) is 28.9 Å². The minimum absolute atomic E-state index is 0.484. The van der Waals surface area contributed by atoms with Gasteiger partial charge >= 0.3 is 0 Å². The van der Waals surface area contributed by atoms with Gasteiger partial charge in [-0.05, 0) is 68.4 Å². The van der Waals surface area contributed by atoms with Crippen LogP contribution in [0.25, 0.3) is 5.57 Å². The third-order valence-corrected chi connectivity index (χ3v) is 4.70. The van der Waals surface area contributed by atoms with E-state index in [1.165, 1.54) is 11.1 Å². The normalized spacial score (nSPS) is 21.0. The molecule has 1 N–H and O–H groups in total. The summed E-state index contributed by atoms with van der Waals surface area (Å²) in [4.78, 5) is 4.65. The number of hydrogen-bond acceptors (Lipinski definition) is 3. The Morgan fingerprint density at radius 1 is 1.33 bits per heavy atom. The van der Waals surface area contributed by atoms with Gasteiger partial charge < -0.3 is 5.32 Å². The van der Waals surface area contributed by atoms with E-state index >= 15 is 0 Å². The molecule has 0 spiro atoms. The van der Waals surface area contributed by atoms with E-state index in [2.05, 4.69) is 55.5 Å². The molecule has 1 aliphatic carbocycles. The number of aryl methyl sites for hydroxylation is 1. The molecule has 24 heavy (non-hydrogen) atoms. The molecule has 0 amide bonds. The van der Waals surface area contributed by atoms with Crippen molar-refractivity contribution in [2.45, 2.75) is 33.6 Å². The van der Waals surface area contributed by atoms with Crippen molar-refractivity contribution in [3.63, 3.8) is 0 Å². The van der Waals surface area contributed by atoms with Crippen LogP contribution in [0, 0.1) is 18.8 Å². The second-order valence-electron chi connectivity index (χ2n) is 6.58. The Labute approximate surface area is 151 Å². The second-order valence-corrected chi connectivity index (χ2v) is 6.82. The molecule has 0 aliphatic heterocycles. The van der Waals surface area contributed by atoms with E-state index in [1.807, 2.05) is 19.2 Å². The number of hydrogen-bond donors (Lipinski definition) is 1. The largest absolute Gasteiger partial charge is 0.360 e. The van der Waals surface area contributed by atoms with Gasteiger partial charge in [-0.2, -0.15) is 0 Å². The fraction of sp³-hybridized carbons (Fsp3) is 0.333. The number of nitrogens with zero attached hydrogens (tertiary/aromatic N) is 1. The van der Waals surface area contributed by atoms with Gasteiger partial charge in [-0.25, -0.2) is 0 Å². The first-order chi connectivity index (χ1) is 11.4. The molecule has 1 fully saturated rings. The minimum atomic E-state index is 0.484. The van der Waals surface area contributed by atoms with Crippen LogP contribution in [0.3, 0.4) is 0 Å². The monoisotopic (exact) mass is 338 g/mol. The Kier molecular flexibility index (Phi) is 6.27. The molecular formula is C21H26N2S. The van der Waals surface area contributed by atoms with Crippen molar-refractivity contribution in [2.24, 2.45) is 16.8 Å². The highest BCUT2D eigenvalue weighted by Crippen LogP contribution is 2.35. The van der Waals surface area contributed by atoms with Crippen LogP contribution >= 0.6 is 12.2 Å². The fourth-order valence-corrected chi connectivity index (χ4v) is 3.25. The van der Waals surface area contributed by atoms with Gasteiger partial charge in [-0.1, -0.05) is 30.9 Å². The number of allylic oxidation sites excluding steroid dienone is 3. The van der Waals surface area contributed by atoms with Gasteiger partial charge in [0.25, 0.3) is 0 Å². The summed E-state index contributed by atoms with van der Waals surface area (Å²) in [6, 6.07) is 6.32. The van der Waals surface area contributed by atoms with Crippen LogP contribution in [-0.4, -0.2) is 11.1 Å². The third-order valence-electron chi connectivity index (χ3n) is 4.46. The molecule has 1 saturated carbocycles. The maximum atomic E-state index is 5.15. The van der Waals surface area contributed by atoms with Crippen molar-refractivity contribution in [2.75, 3.05) is 5.32 Å². The molecule has 2 rings (SSSR count). The van der Waals surface area contributed by atoms with Gasteiger partial charge in [0.05, 0.1) is 5.71 Å². The molecule has 2 nitrogen and oxygen atoms in total. The van der Waals surface area contributed by atoms with Gasteiger partial charge in [-0.15, -0.1) is 6.58 Å². The second kappa shape index (κ2) is 8.20. The number of benzene rings is 1. The summed E-state index contributed by atoms with van der Waals surface area (Å²) in [5.74, 6) is 1.11. The SMILES string of the molecule is C=CC1CC(/C(C=S)=N/C=C(\C)c2ccc(NC(=C)C)cc2C)C1. The van der Waals surface area contributed by atoms with E-state index in [0.29, 0.717) is 11.8 Å². The molecule has 0 heterocycles. The molecule has 126 valence electrons. The summed E-state index contributed by atoms with van der Waals surface area (Å²) in [7, 11) is 0. The molecule has 0 bridgehead atoms. The van der Waals surface area contributed by atoms with Crippen molar-refractivity contribution in [3.05, 3.63) is 60.5 Å². The Morgan fingerprint density at radius 2 is 2.04 bits per heavy atom. The Morgan fingerprint density at radius 3 is 2.58 bits per heavy atom. The topological polar surface area (TPSA) is 24.4 Å². The maximum absolute atomic E-state index is 5.15. The molecule has 0 radical (unpaired) electrons. The van der Waals surface area contributed by atoms with Crippen molar-refractivity contribution in [1.82, 2.24) is 0 Å². The van der Waals surface area contributed by atoms with Crippen molar-refractivity contribution in [3.8, 4) is 0 Å². The van der Waals surface area contributed by atoms with E-state index < -0.39 is 0 Å². The zero-order chi connectivity index (χ0) is 17.7. The number of anilines is 1. The standard InChI is InChI=1S/C21H26N2S/c1-6-17-10-18(11-17)21(13-24)22-12-16(5)20-8-7-19(9-15(20)4)23-14(2)3/h6-9,12-13,17-18,23H,1-2,10-11H2,3-5H3/b16-12+,22-21+. The highest BCUT2D eigenvalue weighted by Gasteiger charge is 2.29. The van der Waals surface area contributed by atoms with Gasteiger partial charge in [0.1, 0.15) is 0 Å². The molecule has 3 heteroatoms. The Bertz CT molecular complexity index is 707. The predicted molar refractivity (Wildman–Crippen MR) is 111 cm³/mol. The lowest BCUT2D eigenvalue weighted by molar-refractivity contribution is 0.319. The van der Waals surface area contributed by atoms with Crippen LogP contribution in [0.4, 0.5) is 5.69 Å². The average molecular weight is 339 g/mol. The lowest BCUT2D eigenvalue weighted by Gasteiger charge is -2.32. The lowest BCUT2D eigenvalue weighted by atomic mass is 9.73. The molecule has 1 aromatic rings. The van der Waals surface area contributed by atoms with Gasteiger partial charge in [-0.3, -0.25) is 4.99 Å². The summed E-state index contributed by atoms with van der Waals surface area (Å²) in [6.45, 7) is 13.9. The number of rotatable bonds is 7. The van der Waals surface area contributed by atoms with E-state index in [1.54, 1.807) is 5.37 Å². The molecule has 0 aromatic heterocycles. The van der Waals surface area contributed by atoms with E-state index in [0.717, 1.165) is 35.5 Å². The molecule has 1 aromatic carbocycles. The number of nitrogens with one attached hydrogen (secondary N) is 1. The summed E-state index contributed by atoms with van der Waals surface area (Å²) >= 11 is 5.15. The number of thiocarbonyl (C=S) groups is 1. The first-order valence-corrected chi connectivity index (χ1v) is 8.77. The zero-order valence-corrected chi connectivity index (χ0v) is 15.6. The first kappa shape index (κ1) is 18.3. The van der Waals surface area contributed by atoms with E-state index in [9.17, 15) is 0 Å². The lowest BCUT2D eigenvalue weighted by Crippen LogP contribution is -2.29. The van der Waals surface area contributed by atoms with Crippen LogP contribution < -0.4 is 5.32 Å². The van der Waals surface area contributed by atoms with Crippen LogP contribution in [0.15, 0.2) is 54.3 Å². The molecular weight excluding hydrogens is 312 g/mol. The van der Waals surface area contributed by atoms with Crippen molar-refractivity contribution >= 4 is 34.6 Å². The smallest absolute Gasteiger partial charge is 0.0542 e. The molecule has 0 unspecified atom stereocenters. The number of aliphatic imine (C=N–C) groups is 1. The van der Waals surface area contributed by atoms with Crippen LogP contribution in [0.1, 0.15) is 37.8 Å². The Balaban J connectivity index is 2.14. The maximum Gasteiger partial charge on any atom is 0.0542 e. The summed E-state index contributed by atoms with van der Waals surface area (Å²) < 4.78 is 0. The predicted octanol–water partition coefficient (Wildman–Crippen LogP) is 5.95. The third kappa shape index (κ3) is 4.51. The molecule has 0 saturated heterocycles. The van der Waals surface area contributed by atoms with Crippen molar-refractivity contribution in [1.29, 1.82) is 0 Å². The first-order valence-electron chi connectivity index (χ1n) is 8.30. The van der Waals surface area contributed by atoms with Gasteiger partial charge in [0.15, 0.2) is 0 Å². The van der Waals surface area contributed by atoms with Crippen LogP contribution in [0.2, 0.25) is 0 Å². The fourth-order valence-electron chi connectivity index (χ4n) is 3.00. The van der Waals surface area contributed by atoms with Gasteiger partial charge in [0.2, 0.25) is 0 Å². The van der Waals surface area contributed by atoms with E-state index in [4.69, 9.17) is 12.2 Å². The van der Waals surface area contributed by atoms with Crippen LogP contribution in [-0.2, 0) is 0 Å². The molecule has 0 atom stereocenters. The summed E-state index contributed by atoms with van der Waals surface area (Å²) in [6.07, 6.45) is 6.20. The quantitative estimate of drug-likeness (QED) is 0.377. The van der Waals surface area contributed by atoms with Crippen LogP contribution in [0.5, 0.6) is 0 Å². The highest BCUT2D eigenvalue weighted by atomic mass is 32.1. The van der Waals surface area contributed by atoms with Crippen molar-refractivity contribution < 1.29 is 0 Å². The summed E-state index contributed by atoms with van der Waals surface area (Å²) in [5.41, 5.74) is 6.56.